The Hall–Kier alpha value is -1.38. The Kier molecular flexibility index (Phi) is 7.18. The molecule has 3 heteroatoms. The number of hydrogen-bond acceptors (Lipinski definition) is 2. The van der Waals surface area contributed by atoms with E-state index < -0.39 is 6.67 Å². The number of methoxy groups -OCH3 is 1. The minimum atomic E-state index is -0.411. The van der Waals surface area contributed by atoms with Crippen LogP contribution in [0.3, 0.4) is 0 Å². The number of halogens is 1. The Morgan fingerprint density at radius 1 is 1.38 bits per heavy atom. The van der Waals surface area contributed by atoms with Crippen molar-refractivity contribution in [1.82, 2.24) is 0 Å². The van der Waals surface area contributed by atoms with Gasteiger partial charge in [0.2, 0.25) is 0 Å². The summed E-state index contributed by atoms with van der Waals surface area (Å²) in [5.41, 5.74) is 2.33. The second-order valence-corrected chi connectivity index (χ2v) is 3.07. The molecule has 0 fully saturated rings. The number of benzene rings is 1. The Balaban J connectivity index is 0.00000106. The van der Waals surface area contributed by atoms with Crippen molar-refractivity contribution in [2.75, 3.05) is 13.8 Å². The summed E-state index contributed by atoms with van der Waals surface area (Å²) < 4.78 is 16.7. The number of aryl methyl sites for hydroxylation is 2. The Morgan fingerprint density at radius 2 is 2.00 bits per heavy atom. The third-order valence-corrected chi connectivity index (χ3v) is 2.13. The molecule has 0 saturated heterocycles. The van der Waals surface area contributed by atoms with E-state index in [1.165, 1.54) is 7.11 Å². The van der Waals surface area contributed by atoms with Crippen LogP contribution in [0.4, 0.5) is 4.39 Å². The number of rotatable bonds is 3. The van der Waals surface area contributed by atoms with Crippen LogP contribution >= 0.6 is 0 Å². The van der Waals surface area contributed by atoms with Crippen molar-refractivity contribution < 1.29 is 13.9 Å². The smallest absolute Gasteiger partial charge is 0.337 e. The molecule has 0 N–H and O–H groups in total. The Labute approximate surface area is 96.4 Å². The zero-order valence-electron chi connectivity index (χ0n) is 10.3. The van der Waals surface area contributed by atoms with Crippen LogP contribution in [0.2, 0.25) is 0 Å². The molecule has 0 spiro atoms. The molecule has 1 rings (SSSR count). The van der Waals surface area contributed by atoms with Gasteiger partial charge >= 0.3 is 5.97 Å². The van der Waals surface area contributed by atoms with E-state index in [-0.39, 0.29) is 5.97 Å². The van der Waals surface area contributed by atoms with Gasteiger partial charge in [0.05, 0.1) is 19.3 Å². The number of carbonyl (C=O) groups is 1. The van der Waals surface area contributed by atoms with Gasteiger partial charge in [0.1, 0.15) is 0 Å². The lowest BCUT2D eigenvalue weighted by Gasteiger charge is -2.05. The van der Waals surface area contributed by atoms with Gasteiger partial charge < -0.3 is 4.74 Å². The lowest BCUT2D eigenvalue weighted by Crippen LogP contribution is -2.03. The fraction of sp³-hybridized carbons (Fsp3) is 0.462. The lowest BCUT2D eigenvalue weighted by molar-refractivity contribution is 0.0600. The quantitative estimate of drug-likeness (QED) is 0.739. The molecule has 16 heavy (non-hydrogen) atoms. The summed E-state index contributed by atoms with van der Waals surface area (Å²) in [5, 5.41) is 0. The Bertz CT molecular complexity index is 335. The molecule has 0 radical (unpaired) electrons. The molecule has 1 aromatic carbocycles. The van der Waals surface area contributed by atoms with Crippen LogP contribution in [0.5, 0.6) is 0 Å². The normalized spacial score (nSPS) is 9.06. The van der Waals surface area contributed by atoms with Gasteiger partial charge in [-0.1, -0.05) is 19.9 Å². The highest BCUT2D eigenvalue weighted by molar-refractivity contribution is 5.89. The largest absolute Gasteiger partial charge is 0.465 e. The molecule has 2 nitrogen and oxygen atoms in total. The first-order valence-electron chi connectivity index (χ1n) is 5.43. The van der Waals surface area contributed by atoms with E-state index in [1.807, 2.05) is 20.8 Å². The lowest BCUT2D eigenvalue weighted by atomic mass is 10.0. The molecule has 0 heterocycles. The number of ether oxygens (including phenoxy) is 1. The molecule has 0 aliphatic heterocycles. The summed E-state index contributed by atoms with van der Waals surface area (Å²) in [4.78, 5) is 11.2. The van der Waals surface area contributed by atoms with Crippen LogP contribution in [0.25, 0.3) is 0 Å². The molecular weight excluding hydrogens is 207 g/mol. The zero-order chi connectivity index (χ0) is 12.6. The Morgan fingerprint density at radius 3 is 2.50 bits per heavy atom. The average molecular weight is 226 g/mol. The topological polar surface area (TPSA) is 26.3 Å². The SMILES string of the molecule is CC.COC(=O)c1ccc(C)c(CCF)c1. The molecule has 0 amide bonds. The number of carbonyl (C=O) groups excluding carboxylic acids is 1. The maximum Gasteiger partial charge on any atom is 0.337 e. The maximum absolute atomic E-state index is 12.2. The third-order valence-electron chi connectivity index (χ3n) is 2.13. The fourth-order valence-electron chi connectivity index (χ4n) is 1.29. The van der Waals surface area contributed by atoms with Crippen LogP contribution in [0.15, 0.2) is 18.2 Å². The maximum atomic E-state index is 12.2. The van der Waals surface area contributed by atoms with Crippen LogP contribution < -0.4 is 0 Å². The monoisotopic (exact) mass is 226 g/mol. The van der Waals surface area contributed by atoms with Gasteiger partial charge in [-0.25, -0.2) is 4.79 Å². The molecule has 0 saturated carbocycles. The minimum Gasteiger partial charge on any atom is -0.465 e. The van der Waals surface area contributed by atoms with E-state index in [4.69, 9.17) is 0 Å². The van der Waals surface area contributed by atoms with E-state index in [2.05, 4.69) is 4.74 Å². The van der Waals surface area contributed by atoms with Crippen LogP contribution in [-0.2, 0) is 11.2 Å². The summed E-state index contributed by atoms with van der Waals surface area (Å²) in [6.07, 6.45) is 0.344. The summed E-state index contributed by atoms with van der Waals surface area (Å²) in [6, 6.07) is 5.17. The van der Waals surface area contributed by atoms with Crippen molar-refractivity contribution in [3.8, 4) is 0 Å². The zero-order valence-corrected chi connectivity index (χ0v) is 10.3. The molecular formula is C13H19FO2. The first kappa shape index (κ1) is 14.6. The van der Waals surface area contributed by atoms with Crippen LogP contribution in [-0.4, -0.2) is 19.8 Å². The van der Waals surface area contributed by atoms with E-state index in [0.717, 1.165) is 11.1 Å². The number of esters is 1. The average Bonchev–Trinajstić information content (AvgIpc) is 2.34. The van der Waals surface area contributed by atoms with E-state index in [0.29, 0.717) is 12.0 Å². The van der Waals surface area contributed by atoms with E-state index >= 15 is 0 Å². The molecule has 0 bridgehead atoms. The van der Waals surface area contributed by atoms with Crippen LogP contribution in [0, 0.1) is 6.92 Å². The van der Waals surface area contributed by atoms with Crippen molar-refractivity contribution in [2.45, 2.75) is 27.2 Å². The van der Waals surface area contributed by atoms with Crippen molar-refractivity contribution >= 4 is 5.97 Å². The highest BCUT2D eigenvalue weighted by Gasteiger charge is 2.07. The molecule has 1 aromatic rings. The molecule has 90 valence electrons. The van der Waals surface area contributed by atoms with Gasteiger partial charge in [-0.15, -0.1) is 0 Å². The second-order valence-electron chi connectivity index (χ2n) is 3.07. The van der Waals surface area contributed by atoms with Crippen LogP contribution in [0.1, 0.15) is 35.3 Å². The predicted molar refractivity (Wildman–Crippen MR) is 63.5 cm³/mol. The second kappa shape index (κ2) is 7.85. The van der Waals surface area contributed by atoms with Crippen molar-refractivity contribution in [3.05, 3.63) is 34.9 Å². The molecule has 0 aliphatic rings. The highest BCUT2D eigenvalue weighted by atomic mass is 19.1. The first-order chi connectivity index (χ1) is 7.69. The van der Waals surface area contributed by atoms with E-state index in [1.54, 1.807) is 18.2 Å². The minimum absolute atomic E-state index is 0.344. The van der Waals surface area contributed by atoms with Gasteiger partial charge in [-0.05, 0) is 30.2 Å². The van der Waals surface area contributed by atoms with Gasteiger partial charge in [-0.2, -0.15) is 0 Å². The first-order valence-corrected chi connectivity index (χ1v) is 5.43. The van der Waals surface area contributed by atoms with Crippen molar-refractivity contribution in [3.63, 3.8) is 0 Å². The molecule has 0 unspecified atom stereocenters. The molecule has 0 atom stereocenters. The summed E-state index contributed by atoms with van der Waals surface area (Å²) in [6.45, 7) is 5.48. The van der Waals surface area contributed by atoms with Gasteiger partial charge in [0.15, 0.2) is 0 Å². The molecule has 0 aliphatic carbocycles. The van der Waals surface area contributed by atoms with Gasteiger partial charge in [0, 0.05) is 6.42 Å². The van der Waals surface area contributed by atoms with Crippen molar-refractivity contribution in [2.24, 2.45) is 0 Å². The number of alkyl halides is 1. The number of hydrogen-bond donors (Lipinski definition) is 0. The standard InChI is InChI=1S/C11H13FO2.C2H6/c1-8-3-4-10(11(13)14-2)7-9(8)5-6-12;1-2/h3-4,7H,5-6H2,1-2H3;1-2H3. The van der Waals surface area contributed by atoms with Gasteiger partial charge in [-0.3, -0.25) is 4.39 Å². The van der Waals surface area contributed by atoms with Crippen molar-refractivity contribution in [1.29, 1.82) is 0 Å². The van der Waals surface area contributed by atoms with E-state index in [9.17, 15) is 9.18 Å². The third kappa shape index (κ3) is 4.01. The molecule has 0 aromatic heterocycles. The fourth-order valence-corrected chi connectivity index (χ4v) is 1.29. The van der Waals surface area contributed by atoms with Gasteiger partial charge in [0.25, 0.3) is 0 Å². The summed E-state index contributed by atoms with van der Waals surface area (Å²) >= 11 is 0. The summed E-state index contributed by atoms with van der Waals surface area (Å²) in [5.74, 6) is -0.384. The predicted octanol–water partition coefficient (Wildman–Crippen LogP) is 3.32. The summed E-state index contributed by atoms with van der Waals surface area (Å²) in [7, 11) is 1.33. The highest BCUT2D eigenvalue weighted by Crippen LogP contribution is 2.12.